The fourth-order valence-corrected chi connectivity index (χ4v) is 4.66. The van der Waals surface area contributed by atoms with Crippen molar-refractivity contribution >= 4 is 11.9 Å². The van der Waals surface area contributed by atoms with Crippen LogP contribution in [0.1, 0.15) is 51.9 Å². The van der Waals surface area contributed by atoms with Gasteiger partial charge >= 0.3 is 5.97 Å². The lowest BCUT2D eigenvalue weighted by Gasteiger charge is -2.32. The van der Waals surface area contributed by atoms with Crippen molar-refractivity contribution in [3.8, 4) is 0 Å². The Hall–Kier alpha value is -1.06. The highest BCUT2D eigenvalue weighted by Crippen LogP contribution is 2.48. The summed E-state index contributed by atoms with van der Waals surface area (Å²) < 4.78 is 0. The minimum Gasteiger partial charge on any atom is -0.481 e. The third-order valence-corrected chi connectivity index (χ3v) is 5.90. The van der Waals surface area contributed by atoms with E-state index in [1.54, 1.807) is 0 Å². The van der Waals surface area contributed by atoms with Crippen molar-refractivity contribution in [3.05, 3.63) is 0 Å². The third-order valence-electron chi connectivity index (χ3n) is 5.90. The Kier molecular flexibility index (Phi) is 3.74. The zero-order valence-electron chi connectivity index (χ0n) is 12.2. The summed E-state index contributed by atoms with van der Waals surface area (Å²) in [5.74, 6) is 0.565. The minimum absolute atomic E-state index is 0.111. The Bertz CT molecular complexity index is 401. The summed E-state index contributed by atoms with van der Waals surface area (Å²) in [7, 11) is 0. The van der Waals surface area contributed by atoms with E-state index in [-0.39, 0.29) is 29.7 Å². The number of carbonyl (C=O) groups excluding carboxylic acids is 1. The van der Waals surface area contributed by atoms with E-state index in [4.69, 9.17) is 0 Å². The number of carboxylic acids is 1. The molecule has 0 radical (unpaired) electrons. The molecule has 0 aromatic carbocycles. The van der Waals surface area contributed by atoms with Gasteiger partial charge in [0.15, 0.2) is 0 Å². The van der Waals surface area contributed by atoms with Crippen LogP contribution in [0.15, 0.2) is 0 Å². The van der Waals surface area contributed by atoms with Crippen LogP contribution in [-0.4, -0.2) is 23.0 Å². The Morgan fingerprint density at radius 1 is 1.00 bits per heavy atom. The minimum atomic E-state index is -0.722. The van der Waals surface area contributed by atoms with Gasteiger partial charge in [0, 0.05) is 12.0 Å². The summed E-state index contributed by atoms with van der Waals surface area (Å²) >= 11 is 0. The Labute approximate surface area is 120 Å². The summed E-state index contributed by atoms with van der Waals surface area (Å²) in [6, 6.07) is -0.113. The maximum absolute atomic E-state index is 12.4. The fourth-order valence-electron chi connectivity index (χ4n) is 4.66. The molecule has 3 saturated carbocycles. The van der Waals surface area contributed by atoms with Gasteiger partial charge in [0.25, 0.3) is 0 Å². The number of aliphatic carboxylic acids is 1. The summed E-state index contributed by atoms with van der Waals surface area (Å²) in [5, 5.41) is 12.5. The molecule has 2 N–H and O–H groups in total. The van der Waals surface area contributed by atoms with Gasteiger partial charge in [0.05, 0.1) is 5.92 Å². The van der Waals surface area contributed by atoms with Gasteiger partial charge in [-0.05, 0) is 62.7 Å². The number of carboxylic acid groups (broad SMARTS) is 1. The molecule has 3 aliphatic carbocycles. The van der Waals surface area contributed by atoms with Crippen molar-refractivity contribution < 1.29 is 14.7 Å². The molecule has 0 aromatic heterocycles. The average Bonchev–Trinajstić information content (AvgIpc) is 3.00. The van der Waals surface area contributed by atoms with Gasteiger partial charge in [-0.15, -0.1) is 0 Å². The van der Waals surface area contributed by atoms with Crippen molar-refractivity contribution in [1.82, 2.24) is 5.32 Å². The Morgan fingerprint density at radius 3 is 2.30 bits per heavy atom. The van der Waals surface area contributed by atoms with Gasteiger partial charge in [-0.2, -0.15) is 0 Å². The molecule has 4 unspecified atom stereocenters. The van der Waals surface area contributed by atoms with Gasteiger partial charge in [-0.3, -0.25) is 9.59 Å². The van der Waals surface area contributed by atoms with Gasteiger partial charge in [-0.25, -0.2) is 0 Å². The second-order valence-electron chi connectivity index (χ2n) is 7.19. The first kappa shape index (κ1) is 13.9. The van der Waals surface area contributed by atoms with Gasteiger partial charge in [-0.1, -0.05) is 6.92 Å². The number of amides is 1. The van der Waals surface area contributed by atoms with E-state index in [0.717, 1.165) is 50.9 Å². The zero-order valence-corrected chi connectivity index (χ0v) is 12.2. The summed E-state index contributed by atoms with van der Waals surface area (Å²) in [6.45, 7) is 2.24. The van der Waals surface area contributed by atoms with E-state index in [1.165, 1.54) is 0 Å². The summed E-state index contributed by atoms with van der Waals surface area (Å²) in [5.41, 5.74) is 0. The van der Waals surface area contributed by atoms with E-state index in [0.29, 0.717) is 5.92 Å². The quantitative estimate of drug-likeness (QED) is 0.834. The summed E-state index contributed by atoms with van der Waals surface area (Å²) in [4.78, 5) is 23.9. The maximum atomic E-state index is 12.4. The van der Waals surface area contributed by atoms with Crippen LogP contribution >= 0.6 is 0 Å². The average molecular weight is 279 g/mol. The van der Waals surface area contributed by atoms with Crippen LogP contribution in [0.3, 0.4) is 0 Å². The molecule has 112 valence electrons. The molecule has 0 saturated heterocycles. The Morgan fingerprint density at radius 2 is 1.65 bits per heavy atom. The van der Waals surface area contributed by atoms with Crippen molar-refractivity contribution in [1.29, 1.82) is 0 Å². The van der Waals surface area contributed by atoms with Gasteiger partial charge in [0.1, 0.15) is 0 Å². The number of hydrogen-bond acceptors (Lipinski definition) is 2. The van der Waals surface area contributed by atoms with Gasteiger partial charge in [0.2, 0.25) is 5.91 Å². The number of hydrogen-bond donors (Lipinski definition) is 2. The molecule has 3 rings (SSSR count). The molecule has 2 bridgehead atoms. The standard InChI is InChI=1S/C16H25NO3/c1-9-2-4-10(5-3-9)15(18)17-14-12-7-6-11(8-12)13(14)16(19)20/h9-14H,2-8H2,1H3,(H,17,18)(H,19,20). The zero-order chi connectivity index (χ0) is 14.3. The molecule has 3 aliphatic rings. The molecule has 3 fully saturated rings. The number of fused-ring (bicyclic) bond motifs is 2. The molecular formula is C16H25NO3. The molecule has 0 aliphatic heterocycles. The molecule has 4 nitrogen and oxygen atoms in total. The monoisotopic (exact) mass is 279 g/mol. The van der Waals surface area contributed by atoms with E-state index in [9.17, 15) is 14.7 Å². The van der Waals surface area contributed by atoms with Crippen molar-refractivity contribution in [2.75, 3.05) is 0 Å². The smallest absolute Gasteiger partial charge is 0.308 e. The first-order chi connectivity index (χ1) is 9.56. The SMILES string of the molecule is CC1CCC(C(=O)NC2C3CCC(C3)C2C(=O)O)CC1. The number of nitrogens with one attached hydrogen (secondary N) is 1. The van der Waals surface area contributed by atoms with E-state index in [1.807, 2.05) is 0 Å². The van der Waals surface area contributed by atoms with Crippen LogP contribution in [-0.2, 0) is 9.59 Å². The molecule has 0 spiro atoms. The highest BCUT2D eigenvalue weighted by atomic mass is 16.4. The molecule has 0 heterocycles. The van der Waals surface area contributed by atoms with Crippen LogP contribution in [0.5, 0.6) is 0 Å². The van der Waals surface area contributed by atoms with Crippen LogP contribution < -0.4 is 5.32 Å². The van der Waals surface area contributed by atoms with Gasteiger partial charge < -0.3 is 10.4 Å². The van der Waals surface area contributed by atoms with Crippen molar-refractivity contribution in [2.24, 2.45) is 29.6 Å². The van der Waals surface area contributed by atoms with Crippen molar-refractivity contribution in [3.63, 3.8) is 0 Å². The molecule has 4 atom stereocenters. The summed E-state index contributed by atoms with van der Waals surface area (Å²) in [6.07, 6.45) is 7.27. The van der Waals surface area contributed by atoms with Crippen LogP contribution in [0, 0.1) is 29.6 Å². The molecule has 0 aromatic rings. The van der Waals surface area contributed by atoms with E-state index < -0.39 is 5.97 Å². The first-order valence-electron chi connectivity index (χ1n) is 8.09. The predicted octanol–water partition coefficient (Wildman–Crippen LogP) is 2.43. The molecule has 4 heteroatoms. The van der Waals surface area contributed by atoms with Crippen molar-refractivity contribution in [2.45, 2.75) is 57.9 Å². The maximum Gasteiger partial charge on any atom is 0.308 e. The third kappa shape index (κ3) is 2.45. The molecular weight excluding hydrogens is 254 g/mol. The van der Waals surface area contributed by atoms with E-state index in [2.05, 4.69) is 12.2 Å². The lowest BCUT2D eigenvalue weighted by Crippen LogP contribution is -2.49. The lowest BCUT2D eigenvalue weighted by molar-refractivity contribution is -0.145. The Balaban J connectivity index is 1.62. The second kappa shape index (κ2) is 5.38. The van der Waals surface area contributed by atoms with Crippen LogP contribution in [0.4, 0.5) is 0 Å². The molecule has 1 amide bonds. The second-order valence-corrected chi connectivity index (χ2v) is 7.19. The normalized spacial score (nSPS) is 43.5. The van der Waals surface area contributed by atoms with E-state index >= 15 is 0 Å². The van der Waals surface area contributed by atoms with Crippen LogP contribution in [0.25, 0.3) is 0 Å². The lowest BCUT2D eigenvalue weighted by atomic mass is 9.81. The number of carbonyl (C=O) groups is 2. The highest BCUT2D eigenvalue weighted by Gasteiger charge is 2.51. The highest BCUT2D eigenvalue weighted by molar-refractivity contribution is 5.80. The molecule has 20 heavy (non-hydrogen) atoms. The van der Waals surface area contributed by atoms with Crippen LogP contribution in [0.2, 0.25) is 0 Å². The largest absolute Gasteiger partial charge is 0.481 e. The number of rotatable bonds is 3. The first-order valence-corrected chi connectivity index (χ1v) is 8.09. The predicted molar refractivity (Wildman–Crippen MR) is 75.0 cm³/mol. The topological polar surface area (TPSA) is 66.4 Å². The fraction of sp³-hybridized carbons (Fsp3) is 0.875.